The second-order valence-electron chi connectivity index (χ2n) is 10.2. The van der Waals surface area contributed by atoms with Crippen LogP contribution in [-0.4, -0.2) is 40.1 Å². The standard InChI is InChI=1S/C27H38N2O2S2/c1-6-29(7-2)26(31)17(3)20-13-14-27(5)15-21-24(18(4)23(27)25(20)30)28-22(33-21)16-32-19-11-9-8-10-12-19/h8-12,17-18,20,23,25,30H,6-7,13-16H2,1-5H3/t17-,18-,20+,23+,25-,27+/m0/s1. The molecule has 0 saturated heterocycles. The molecule has 1 fully saturated rings. The second-order valence-corrected chi connectivity index (χ2v) is 12.4. The van der Waals surface area contributed by atoms with Crippen LogP contribution in [0, 0.1) is 23.2 Å². The zero-order valence-corrected chi connectivity index (χ0v) is 22.2. The van der Waals surface area contributed by atoms with E-state index in [1.165, 1.54) is 20.5 Å². The molecule has 1 amide bonds. The predicted molar refractivity (Wildman–Crippen MR) is 138 cm³/mol. The maximum atomic E-state index is 13.1. The minimum Gasteiger partial charge on any atom is -0.392 e. The van der Waals surface area contributed by atoms with E-state index in [4.69, 9.17) is 4.98 Å². The Morgan fingerprint density at radius 3 is 2.67 bits per heavy atom. The molecule has 4 rings (SSSR count). The molecule has 1 saturated carbocycles. The summed E-state index contributed by atoms with van der Waals surface area (Å²) in [4.78, 5) is 22.7. The number of rotatable bonds is 7. The summed E-state index contributed by atoms with van der Waals surface area (Å²) in [5.74, 6) is 1.30. The quantitative estimate of drug-likeness (QED) is 0.488. The van der Waals surface area contributed by atoms with Gasteiger partial charge in [-0.15, -0.1) is 23.1 Å². The summed E-state index contributed by atoms with van der Waals surface area (Å²) in [5, 5.41) is 12.8. The van der Waals surface area contributed by atoms with E-state index in [0.717, 1.165) is 38.1 Å². The maximum Gasteiger partial charge on any atom is 0.225 e. The summed E-state index contributed by atoms with van der Waals surface area (Å²) in [6.45, 7) is 12.1. The number of aliphatic hydroxyl groups excluding tert-OH is 1. The number of hydrogen-bond donors (Lipinski definition) is 1. The van der Waals surface area contributed by atoms with Crippen LogP contribution in [-0.2, 0) is 17.0 Å². The molecular formula is C27H38N2O2S2. The van der Waals surface area contributed by atoms with Gasteiger partial charge in [0.1, 0.15) is 5.01 Å². The first-order valence-corrected chi connectivity index (χ1v) is 14.2. The van der Waals surface area contributed by atoms with Gasteiger partial charge in [-0.1, -0.05) is 39.0 Å². The zero-order valence-electron chi connectivity index (χ0n) is 20.6. The van der Waals surface area contributed by atoms with E-state index in [9.17, 15) is 9.90 Å². The van der Waals surface area contributed by atoms with Crippen molar-refractivity contribution in [2.45, 2.75) is 76.6 Å². The number of thioether (sulfide) groups is 1. The molecule has 0 unspecified atom stereocenters. The molecule has 0 radical (unpaired) electrons. The van der Waals surface area contributed by atoms with Crippen LogP contribution >= 0.6 is 23.1 Å². The molecule has 4 nitrogen and oxygen atoms in total. The minimum atomic E-state index is -0.467. The largest absolute Gasteiger partial charge is 0.392 e. The van der Waals surface area contributed by atoms with Gasteiger partial charge in [0.15, 0.2) is 0 Å². The number of benzene rings is 1. The Morgan fingerprint density at radius 2 is 2.00 bits per heavy atom. The van der Waals surface area contributed by atoms with Crippen molar-refractivity contribution in [1.82, 2.24) is 9.88 Å². The smallest absolute Gasteiger partial charge is 0.225 e. The lowest BCUT2D eigenvalue weighted by Crippen LogP contribution is -2.53. The van der Waals surface area contributed by atoms with Gasteiger partial charge in [-0.05, 0) is 62.5 Å². The number of carbonyl (C=O) groups is 1. The molecule has 0 aliphatic heterocycles. The van der Waals surface area contributed by atoms with Gasteiger partial charge in [-0.2, -0.15) is 0 Å². The molecule has 6 atom stereocenters. The van der Waals surface area contributed by atoms with Crippen molar-refractivity contribution in [3.05, 3.63) is 45.9 Å². The normalized spacial score (nSPS) is 29.8. The molecule has 0 spiro atoms. The van der Waals surface area contributed by atoms with E-state index >= 15 is 0 Å². The van der Waals surface area contributed by atoms with E-state index in [1.54, 1.807) is 0 Å². The molecule has 180 valence electrons. The lowest BCUT2D eigenvalue weighted by atomic mass is 9.53. The number of fused-ring (bicyclic) bond motifs is 2. The summed E-state index contributed by atoms with van der Waals surface area (Å²) in [6.07, 6.45) is 2.50. The monoisotopic (exact) mass is 486 g/mol. The van der Waals surface area contributed by atoms with Crippen molar-refractivity contribution in [3.63, 3.8) is 0 Å². The van der Waals surface area contributed by atoms with Crippen LogP contribution in [0.3, 0.4) is 0 Å². The van der Waals surface area contributed by atoms with Crippen molar-refractivity contribution in [2.24, 2.45) is 23.2 Å². The van der Waals surface area contributed by atoms with Crippen molar-refractivity contribution in [1.29, 1.82) is 0 Å². The van der Waals surface area contributed by atoms with Crippen LogP contribution in [0.2, 0.25) is 0 Å². The van der Waals surface area contributed by atoms with Gasteiger partial charge in [0.25, 0.3) is 0 Å². The van der Waals surface area contributed by atoms with Crippen LogP contribution in [0.15, 0.2) is 35.2 Å². The van der Waals surface area contributed by atoms with Crippen LogP contribution < -0.4 is 0 Å². The Hall–Kier alpha value is -1.37. The van der Waals surface area contributed by atoms with Crippen LogP contribution in [0.1, 0.15) is 69.0 Å². The first-order chi connectivity index (χ1) is 15.8. The first-order valence-electron chi connectivity index (χ1n) is 12.4. The summed E-state index contributed by atoms with van der Waals surface area (Å²) in [7, 11) is 0. The average Bonchev–Trinajstić information content (AvgIpc) is 3.21. The third-order valence-electron chi connectivity index (χ3n) is 8.18. The number of thiazole rings is 1. The predicted octanol–water partition coefficient (Wildman–Crippen LogP) is 5.99. The Morgan fingerprint density at radius 1 is 1.30 bits per heavy atom. The summed E-state index contributed by atoms with van der Waals surface area (Å²) < 4.78 is 0. The van der Waals surface area contributed by atoms with Gasteiger partial charge < -0.3 is 10.0 Å². The number of amides is 1. The molecule has 0 bridgehead atoms. The topological polar surface area (TPSA) is 53.4 Å². The molecule has 2 aliphatic carbocycles. The maximum absolute atomic E-state index is 13.1. The lowest BCUT2D eigenvalue weighted by molar-refractivity contribution is -0.144. The highest BCUT2D eigenvalue weighted by Crippen LogP contribution is 2.57. The molecule has 1 aromatic heterocycles. The van der Waals surface area contributed by atoms with E-state index in [1.807, 2.05) is 54.8 Å². The Labute approximate surface area is 207 Å². The van der Waals surface area contributed by atoms with Crippen LogP contribution in [0.5, 0.6) is 0 Å². The molecule has 6 heteroatoms. The van der Waals surface area contributed by atoms with Crippen molar-refractivity contribution in [2.75, 3.05) is 13.1 Å². The Bertz CT molecular complexity index is 958. The van der Waals surface area contributed by atoms with Gasteiger partial charge in [0, 0.05) is 34.7 Å². The summed E-state index contributed by atoms with van der Waals surface area (Å²) in [5.41, 5.74) is 1.25. The van der Waals surface area contributed by atoms with Crippen molar-refractivity contribution < 1.29 is 9.90 Å². The van der Waals surface area contributed by atoms with E-state index in [2.05, 4.69) is 38.1 Å². The molecule has 1 aromatic carbocycles. The molecule has 2 aromatic rings. The second kappa shape index (κ2) is 10.1. The zero-order chi connectivity index (χ0) is 23.8. The van der Waals surface area contributed by atoms with Gasteiger partial charge in [0.05, 0.1) is 17.6 Å². The van der Waals surface area contributed by atoms with Crippen molar-refractivity contribution in [3.8, 4) is 0 Å². The minimum absolute atomic E-state index is 0.0203. The fourth-order valence-corrected chi connectivity index (χ4v) is 8.61. The fraction of sp³-hybridized carbons (Fsp3) is 0.630. The highest BCUT2D eigenvalue weighted by molar-refractivity contribution is 7.98. The first kappa shape index (κ1) is 24.7. The SMILES string of the molecule is CCN(CC)C(=O)[C@@H](C)[C@H]1CC[C@]2(C)Cc3sc(CSc4ccccc4)nc3[C@@H](C)[C@@H]2[C@H]1O. The van der Waals surface area contributed by atoms with Gasteiger partial charge in [0.2, 0.25) is 5.91 Å². The van der Waals surface area contributed by atoms with Crippen molar-refractivity contribution >= 4 is 29.0 Å². The third-order valence-corrected chi connectivity index (χ3v) is 10.5. The molecule has 2 aliphatic rings. The van der Waals surface area contributed by atoms with E-state index in [-0.39, 0.29) is 35.0 Å². The molecule has 1 heterocycles. The van der Waals surface area contributed by atoms with Gasteiger partial charge in [-0.3, -0.25) is 4.79 Å². The number of hydrogen-bond acceptors (Lipinski definition) is 5. The Balaban J connectivity index is 1.52. The van der Waals surface area contributed by atoms with Gasteiger partial charge in [-0.25, -0.2) is 4.98 Å². The number of carbonyl (C=O) groups excluding carboxylic acids is 1. The highest BCUT2D eigenvalue weighted by atomic mass is 32.2. The third kappa shape index (κ3) is 4.76. The molecule has 33 heavy (non-hydrogen) atoms. The summed E-state index contributed by atoms with van der Waals surface area (Å²) in [6, 6.07) is 10.5. The van der Waals surface area contributed by atoms with Crippen LogP contribution in [0.25, 0.3) is 0 Å². The van der Waals surface area contributed by atoms with E-state index < -0.39 is 6.10 Å². The highest BCUT2D eigenvalue weighted by Gasteiger charge is 2.54. The molecular weight excluding hydrogens is 448 g/mol. The van der Waals surface area contributed by atoms with Crippen LogP contribution in [0.4, 0.5) is 0 Å². The molecule has 1 N–H and O–H groups in total. The van der Waals surface area contributed by atoms with Gasteiger partial charge >= 0.3 is 0 Å². The van der Waals surface area contributed by atoms with E-state index in [0.29, 0.717) is 0 Å². The lowest BCUT2D eigenvalue weighted by Gasteiger charge is -2.53. The number of aromatic nitrogens is 1. The fourth-order valence-electron chi connectivity index (χ4n) is 6.33. The number of nitrogens with zero attached hydrogens (tertiary/aromatic N) is 2. The Kier molecular flexibility index (Phi) is 7.56. The number of aliphatic hydroxyl groups is 1. The average molecular weight is 487 g/mol. The summed E-state index contributed by atoms with van der Waals surface area (Å²) >= 11 is 3.70.